The first kappa shape index (κ1) is 14.4. The number of hydrogen-bond donors (Lipinski definition) is 1. The summed E-state index contributed by atoms with van der Waals surface area (Å²) in [5, 5.41) is 0.737. The van der Waals surface area contributed by atoms with E-state index in [-0.39, 0.29) is 6.04 Å². The molecule has 2 aromatic rings. The van der Waals surface area contributed by atoms with Crippen LogP contribution < -0.4 is 10.5 Å². The van der Waals surface area contributed by atoms with Crippen LogP contribution in [0.25, 0.3) is 0 Å². The van der Waals surface area contributed by atoms with Crippen LogP contribution >= 0.6 is 27.5 Å². The van der Waals surface area contributed by atoms with Gasteiger partial charge >= 0.3 is 0 Å². The fraction of sp³-hybridized carbons (Fsp3) is 0.200. The maximum absolute atomic E-state index is 6.23. The molecule has 0 saturated heterocycles. The van der Waals surface area contributed by atoms with Gasteiger partial charge in [-0.2, -0.15) is 0 Å². The van der Waals surface area contributed by atoms with E-state index in [4.69, 9.17) is 22.1 Å². The molecule has 0 heterocycles. The summed E-state index contributed by atoms with van der Waals surface area (Å²) < 4.78 is 6.12. The van der Waals surface area contributed by atoms with Crippen molar-refractivity contribution in [2.45, 2.75) is 12.5 Å². The van der Waals surface area contributed by atoms with Crippen LogP contribution in [0.2, 0.25) is 5.02 Å². The molecular formula is C15H15BrClNO. The molecule has 2 aromatic carbocycles. The zero-order chi connectivity index (χ0) is 13.8. The Bertz CT molecular complexity index is 574. The molecule has 1 atom stereocenters. The lowest BCUT2D eigenvalue weighted by Crippen LogP contribution is -2.13. The van der Waals surface area contributed by atoms with Crippen molar-refractivity contribution in [3.05, 3.63) is 63.1 Å². The zero-order valence-corrected chi connectivity index (χ0v) is 12.9. The number of halogens is 2. The van der Waals surface area contributed by atoms with E-state index in [1.54, 1.807) is 7.11 Å². The Labute approximate surface area is 126 Å². The molecule has 0 aromatic heterocycles. The van der Waals surface area contributed by atoms with Gasteiger partial charge in [0.25, 0.3) is 0 Å². The molecule has 1 unspecified atom stereocenters. The van der Waals surface area contributed by atoms with Crippen molar-refractivity contribution in [2.75, 3.05) is 7.11 Å². The summed E-state index contributed by atoms with van der Waals surface area (Å²) in [7, 11) is 1.64. The van der Waals surface area contributed by atoms with Crippen LogP contribution in [0.15, 0.2) is 46.9 Å². The third-order valence-corrected chi connectivity index (χ3v) is 3.80. The molecule has 0 aliphatic carbocycles. The lowest BCUT2D eigenvalue weighted by molar-refractivity contribution is 0.412. The maximum atomic E-state index is 6.23. The van der Waals surface area contributed by atoms with E-state index in [0.717, 1.165) is 32.8 Å². The number of rotatable bonds is 4. The van der Waals surface area contributed by atoms with Crippen LogP contribution in [-0.2, 0) is 6.42 Å². The monoisotopic (exact) mass is 339 g/mol. The van der Waals surface area contributed by atoms with Crippen molar-refractivity contribution in [1.29, 1.82) is 0 Å². The van der Waals surface area contributed by atoms with Crippen molar-refractivity contribution >= 4 is 27.5 Å². The molecule has 0 saturated carbocycles. The molecule has 0 spiro atoms. The van der Waals surface area contributed by atoms with E-state index in [2.05, 4.69) is 15.9 Å². The molecule has 19 heavy (non-hydrogen) atoms. The molecule has 0 fully saturated rings. The maximum Gasteiger partial charge on any atom is 0.133 e. The third kappa shape index (κ3) is 3.72. The van der Waals surface area contributed by atoms with Crippen LogP contribution in [0.1, 0.15) is 17.2 Å². The van der Waals surface area contributed by atoms with Crippen molar-refractivity contribution in [3.8, 4) is 5.75 Å². The smallest absolute Gasteiger partial charge is 0.133 e. The van der Waals surface area contributed by atoms with Crippen LogP contribution in [0.3, 0.4) is 0 Å². The summed E-state index contributed by atoms with van der Waals surface area (Å²) in [4.78, 5) is 0. The Kier molecular flexibility index (Phi) is 4.86. The Balaban J connectivity index is 2.15. The molecule has 0 radical (unpaired) electrons. The Morgan fingerprint density at radius 2 is 2.05 bits per heavy atom. The number of ether oxygens (including phenoxy) is 1. The lowest BCUT2D eigenvalue weighted by atomic mass is 10.00. The summed E-state index contributed by atoms with van der Waals surface area (Å²) in [6.45, 7) is 0. The van der Waals surface area contributed by atoms with Gasteiger partial charge in [0, 0.05) is 11.1 Å². The van der Waals surface area contributed by atoms with Gasteiger partial charge in [0.05, 0.1) is 11.6 Å². The SMILES string of the molecule is COc1ccc(C(N)Cc2cccc(Cl)c2)cc1Br. The number of benzene rings is 2. The van der Waals surface area contributed by atoms with E-state index in [1.165, 1.54) is 0 Å². The van der Waals surface area contributed by atoms with Gasteiger partial charge in [0.1, 0.15) is 5.75 Å². The Morgan fingerprint density at radius 3 is 2.68 bits per heavy atom. The summed E-state index contributed by atoms with van der Waals surface area (Å²) >= 11 is 9.45. The predicted octanol–water partition coefficient (Wildman–Crippen LogP) is 4.35. The quantitative estimate of drug-likeness (QED) is 0.898. The number of methoxy groups -OCH3 is 1. The second-order valence-electron chi connectivity index (χ2n) is 4.33. The molecular weight excluding hydrogens is 326 g/mol. The average molecular weight is 341 g/mol. The molecule has 2 nitrogen and oxygen atoms in total. The van der Waals surface area contributed by atoms with Gasteiger partial charge in [0.2, 0.25) is 0 Å². The van der Waals surface area contributed by atoms with Gasteiger partial charge in [-0.15, -0.1) is 0 Å². The molecule has 100 valence electrons. The summed E-state index contributed by atoms with van der Waals surface area (Å²) in [5.74, 6) is 0.804. The van der Waals surface area contributed by atoms with Crippen LogP contribution in [0.5, 0.6) is 5.75 Å². The zero-order valence-electron chi connectivity index (χ0n) is 10.6. The van der Waals surface area contributed by atoms with Crippen molar-refractivity contribution in [3.63, 3.8) is 0 Å². The van der Waals surface area contributed by atoms with Gasteiger partial charge < -0.3 is 10.5 Å². The topological polar surface area (TPSA) is 35.2 Å². The molecule has 0 aliphatic heterocycles. The second-order valence-corrected chi connectivity index (χ2v) is 5.63. The molecule has 4 heteroatoms. The average Bonchev–Trinajstić information content (AvgIpc) is 2.38. The first-order valence-electron chi connectivity index (χ1n) is 5.93. The van der Waals surface area contributed by atoms with E-state index >= 15 is 0 Å². The highest BCUT2D eigenvalue weighted by Crippen LogP contribution is 2.28. The van der Waals surface area contributed by atoms with Crippen molar-refractivity contribution in [2.24, 2.45) is 5.73 Å². The second kappa shape index (κ2) is 6.42. The van der Waals surface area contributed by atoms with Crippen LogP contribution in [0, 0.1) is 0 Å². The highest BCUT2D eigenvalue weighted by Gasteiger charge is 2.10. The van der Waals surface area contributed by atoms with E-state index < -0.39 is 0 Å². The highest BCUT2D eigenvalue weighted by molar-refractivity contribution is 9.10. The van der Waals surface area contributed by atoms with Gasteiger partial charge in [-0.3, -0.25) is 0 Å². The molecule has 2 N–H and O–H groups in total. The fourth-order valence-corrected chi connectivity index (χ4v) is 2.72. The standard InChI is InChI=1S/C15H15BrClNO/c1-19-15-6-5-11(9-13(15)16)14(18)8-10-3-2-4-12(17)7-10/h2-7,9,14H,8,18H2,1H3. The number of hydrogen-bond acceptors (Lipinski definition) is 2. The van der Waals surface area contributed by atoms with E-state index in [1.807, 2.05) is 42.5 Å². The van der Waals surface area contributed by atoms with Crippen LogP contribution in [-0.4, -0.2) is 7.11 Å². The minimum atomic E-state index is -0.0688. The van der Waals surface area contributed by atoms with E-state index in [0.29, 0.717) is 0 Å². The van der Waals surface area contributed by atoms with Gasteiger partial charge in [-0.05, 0) is 57.7 Å². The highest BCUT2D eigenvalue weighted by atomic mass is 79.9. The minimum absolute atomic E-state index is 0.0688. The largest absolute Gasteiger partial charge is 0.496 e. The summed E-state index contributed by atoms with van der Waals surface area (Å²) in [6.07, 6.45) is 0.749. The van der Waals surface area contributed by atoms with Gasteiger partial charge in [0.15, 0.2) is 0 Å². The number of nitrogens with two attached hydrogens (primary N) is 1. The van der Waals surface area contributed by atoms with Gasteiger partial charge in [-0.25, -0.2) is 0 Å². The molecule has 2 rings (SSSR count). The summed E-state index contributed by atoms with van der Waals surface area (Å²) in [6, 6.07) is 13.6. The molecule has 0 bridgehead atoms. The predicted molar refractivity (Wildman–Crippen MR) is 82.8 cm³/mol. The van der Waals surface area contributed by atoms with Crippen LogP contribution in [0.4, 0.5) is 0 Å². The Morgan fingerprint density at radius 1 is 1.26 bits per heavy atom. The minimum Gasteiger partial charge on any atom is -0.496 e. The molecule has 0 aliphatic rings. The normalized spacial score (nSPS) is 12.2. The Hall–Kier alpha value is -1.03. The lowest BCUT2D eigenvalue weighted by Gasteiger charge is -2.14. The summed E-state index contributed by atoms with van der Waals surface area (Å²) in [5.41, 5.74) is 8.43. The van der Waals surface area contributed by atoms with Gasteiger partial charge in [-0.1, -0.05) is 29.8 Å². The fourth-order valence-electron chi connectivity index (χ4n) is 1.95. The molecule has 0 amide bonds. The van der Waals surface area contributed by atoms with E-state index in [9.17, 15) is 0 Å². The first-order chi connectivity index (χ1) is 9.10. The van der Waals surface area contributed by atoms with Crippen molar-refractivity contribution in [1.82, 2.24) is 0 Å². The first-order valence-corrected chi connectivity index (χ1v) is 7.10. The third-order valence-electron chi connectivity index (χ3n) is 2.95. The van der Waals surface area contributed by atoms with Crippen molar-refractivity contribution < 1.29 is 4.74 Å².